The number of carbonyl (C=O) groups excluding carboxylic acids is 1. The Morgan fingerprint density at radius 3 is 1.42 bits per heavy atom. The standard InChI is InChI=1S/C43H79NO4/c1-3-5-7-9-11-13-15-16-17-18-19-20-21-22-23-24-25-27-28-30-32-34-36-40(46)38-43(48)44-41(39-45)42(47)37-35-33-31-29-26-14-12-10-8-6-4-2/h8,10,22-23,26,29,35,37,40-42,45-47H,3-7,9,11-21,24-25,27-28,30-34,36,38-39H2,1-2H3,(H,44,48)/b10-8+,23-22-,29-26+,37-35+. The molecule has 0 heterocycles. The lowest BCUT2D eigenvalue weighted by molar-refractivity contribution is -0.124. The summed E-state index contributed by atoms with van der Waals surface area (Å²) >= 11 is 0. The van der Waals surface area contributed by atoms with Gasteiger partial charge in [0.15, 0.2) is 0 Å². The van der Waals surface area contributed by atoms with Crippen LogP contribution in [0.1, 0.15) is 194 Å². The van der Waals surface area contributed by atoms with Crippen LogP contribution in [0, 0.1) is 0 Å². The van der Waals surface area contributed by atoms with Crippen molar-refractivity contribution in [1.29, 1.82) is 0 Å². The second-order valence-electron chi connectivity index (χ2n) is 13.9. The monoisotopic (exact) mass is 674 g/mol. The van der Waals surface area contributed by atoms with Crippen LogP contribution in [-0.4, -0.2) is 46.1 Å². The summed E-state index contributed by atoms with van der Waals surface area (Å²) in [7, 11) is 0. The van der Waals surface area contributed by atoms with Crippen LogP contribution in [0.3, 0.4) is 0 Å². The molecular weight excluding hydrogens is 594 g/mol. The van der Waals surface area contributed by atoms with Gasteiger partial charge in [0.2, 0.25) is 5.91 Å². The fraction of sp³-hybridized carbons (Fsp3) is 0.791. The zero-order chi connectivity index (χ0) is 35.2. The maximum Gasteiger partial charge on any atom is 0.222 e. The summed E-state index contributed by atoms with van der Waals surface area (Å²) in [5.41, 5.74) is 0. The van der Waals surface area contributed by atoms with Gasteiger partial charge < -0.3 is 20.6 Å². The molecule has 0 aliphatic heterocycles. The fourth-order valence-corrected chi connectivity index (χ4v) is 5.90. The first kappa shape index (κ1) is 46.3. The number of nitrogens with one attached hydrogen (secondary N) is 1. The summed E-state index contributed by atoms with van der Waals surface area (Å²) < 4.78 is 0. The first-order chi connectivity index (χ1) is 23.5. The lowest BCUT2D eigenvalue weighted by Gasteiger charge is -2.21. The zero-order valence-corrected chi connectivity index (χ0v) is 31.6. The summed E-state index contributed by atoms with van der Waals surface area (Å²) in [5, 5.41) is 33.0. The number of hydrogen-bond acceptors (Lipinski definition) is 4. The van der Waals surface area contributed by atoms with Crippen molar-refractivity contribution in [2.45, 2.75) is 212 Å². The molecule has 1 amide bonds. The third-order valence-corrected chi connectivity index (χ3v) is 9.05. The van der Waals surface area contributed by atoms with Crippen LogP contribution < -0.4 is 5.32 Å². The SMILES string of the molecule is CCC/C=C/CC/C=C/CC/C=C/C(O)C(CO)NC(=O)CC(O)CCCCCCCC/C=C\CCCCCCCCCCCCCC. The van der Waals surface area contributed by atoms with Crippen LogP contribution in [0.4, 0.5) is 0 Å². The molecule has 5 nitrogen and oxygen atoms in total. The number of unbranched alkanes of at least 4 members (excludes halogenated alkanes) is 21. The summed E-state index contributed by atoms with van der Waals surface area (Å²) in [6.07, 6.45) is 48.3. The third-order valence-electron chi connectivity index (χ3n) is 9.05. The van der Waals surface area contributed by atoms with Crippen LogP contribution in [0.15, 0.2) is 48.6 Å². The van der Waals surface area contributed by atoms with Gasteiger partial charge in [-0.1, -0.05) is 172 Å². The topological polar surface area (TPSA) is 89.8 Å². The molecule has 4 N–H and O–H groups in total. The van der Waals surface area contributed by atoms with Crippen molar-refractivity contribution >= 4 is 5.91 Å². The maximum absolute atomic E-state index is 12.4. The summed E-state index contributed by atoms with van der Waals surface area (Å²) in [6.45, 7) is 4.11. The Bertz CT molecular complexity index is 790. The van der Waals surface area contributed by atoms with E-state index >= 15 is 0 Å². The first-order valence-electron chi connectivity index (χ1n) is 20.4. The van der Waals surface area contributed by atoms with E-state index in [0.717, 1.165) is 44.9 Å². The van der Waals surface area contributed by atoms with E-state index in [1.807, 2.05) is 6.08 Å². The molecule has 0 aromatic carbocycles. The van der Waals surface area contributed by atoms with Crippen molar-refractivity contribution < 1.29 is 20.1 Å². The van der Waals surface area contributed by atoms with Crippen LogP contribution >= 0.6 is 0 Å². The zero-order valence-electron chi connectivity index (χ0n) is 31.6. The van der Waals surface area contributed by atoms with E-state index in [-0.39, 0.29) is 18.9 Å². The molecule has 0 aliphatic carbocycles. The molecule has 5 heteroatoms. The molecule has 48 heavy (non-hydrogen) atoms. The van der Waals surface area contributed by atoms with Gasteiger partial charge in [0, 0.05) is 0 Å². The highest BCUT2D eigenvalue weighted by atomic mass is 16.3. The van der Waals surface area contributed by atoms with Gasteiger partial charge in [-0.2, -0.15) is 0 Å². The van der Waals surface area contributed by atoms with Gasteiger partial charge in [-0.25, -0.2) is 0 Å². The molecule has 0 aliphatic rings. The van der Waals surface area contributed by atoms with E-state index in [1.54, 1.807) is 6.08 Å². The van der Waals surface area contributed by atoms with Crippen molar-refractivity contribution in [3.63, 3.8) is 0 Å². The molecule has 0 aromatic heterocycles. The van der Waals surface area contributed by atoms with Gasteiger partial charge in [0.25, 0.3) is 0 Å². The fourth-order valence-electron chi connectivity index (χ4n) is 5.90. The Hall–Kier alpha value is -1.69. The van der Waals surface area contributed by atoms with Crippen molar-refractivity contribution in [1.82, 2.24) is 5.32 Å². The van der Waals surface area contributed by atoms with Gasteiger partial charge in [-0.05, 0) is 64.2 Å². The average Bonchev–Trinajstić information content (AvgIpc) is 3.08. The summed E-state index contributed by atoms with van der Waals surface area (Å²) in [6, 6.07) is -0.768. The molecule has 0 saturated heterocycles. The Labute approximate surface area is 297 Å². The molecule has 3 unspecified atom stereocenters. The predicted octanol–water partition coefficient (Wildman–Crippen LogP) is 11.4. The van der Waals surface area contributed by atoms with E-state index in [9.17, 15) is 20.1 Å². The third kappa shape index (κ3) is 34.2. The minimum absolute atomic E-state index is 0.00302. The Morgan fingerprint density at radius 2 is 0.938 bits per heavy atom. The maximum atomic E-state index is 12.4. The normalized spacial score (nSPS) is 14.2. The van der Waals surface area contributed by atoms with Gasteiger partial charge in [0.1, 0.15) is 0 Å². The largest absolute Gasteiger partial charge is 0.394 e. The smallest absolute Gasteiger partial charge is 0.222 e. The van der Waals surface area contributed by atoms with Crippen molar-refractivity contribution in [3.05, 3.63) is 48.6 Å². The van der Waals surface area contributed by atoms with E-state index in [1.165, 1.54) is 122 Å². The molecule has 0 bridgehead atoms. The Morgan fingerprint density at radius 1 is 0.521 bits per heavy atom. The van der Waals surface area contributed by atoms with Crippen LogP contribution in [0.2, 0.25) is 0 Å². The van der Waals surface area contributed by atoms with Crippen molar-refractivity contribution in [2.24, 2.45) is 0 Å². The summed E-state index contributed by atoms with van der Waals surface area (Å²) in [5.74, 6) is -0.336. The van der Waals surface area contributed by atoms with E-state index in [0.29, 0.717) is 6.42 Å². The number of hydrogen-bond donors (Lipinski definition) is 4. The lowest BCUT2D eigenvalue weighted by atomic mass is 10.0. The Kier molecular flexibility index (Phi) is 36.8. The minimum Gasteiger partial charge on any atom is -0.394 e. The van der Waals surface area contributed by atoms with Crippen LogP contribution in [0.25, 0.3) is 0 Å². The molecule has 0 saturated carbocycles. The summed E-state index contributed by atoms with van der Waals surface area (Å²) in [4.78, 5) is 12.4. The van der Waals surface area contributed by atoms with E-state index in [2.05, 4.69) is 55.6 Å². The van der Waals surface area contributed by atoms with Gasteiger partial charge in [0.05, 0.1) is 31.3 Å². The average molecular weight is 674 g/mol. The number of carbonyl (C=O) groups is 1. The highest BCUT2D eigenvalue weighted by Crippen LogP contribution is 2.14. The van der Waals surface area contributed by atoms with Gasteiger partial charge in [-0.15, -0.1) is 0 Å². The molecule has 0 aromatic rings. The quantitative estimate of drug-likeness (QED) is 0.0393. The first-order valence-corrected chi connectivity index (χ1v) is 20.4. The Balaban J connectivity index is 3.68. The number of rotatable bonds is 36. The highest BCUT2D eigenvalue weighted by Gasteiger charge is 2.20. The number of aliphatic hydroxyl groups is 3. The highest BCUT2D eigenvalue weighted by molar-refractivity contribution is 5.76. The second-order valence-corrected chi connectivity index (χ2v) is 13.9. The van der Waals surface area contributed by atoms with E-state index in [4.69, 9.17) is 0 Å². The molecule has 0 rings (SSSR count). The molecular formula is C43H79NO4. The van der Waals surface area contributed by atoms with Gasteiger partial charge >= 0.3 is 0 Å². The number of allylic oxidation sites excluding steroid dienone is 7. The van der Waals surface area contributed by atoms with Crippen LogP contribution in [-0.2, 0) is 4.79 Å². The number of aliphatic hydroxyl groups excluding tert-OH is 3. The predicted molar refractivity (Wildman–Crippen MR) is 208 cm³/mol. The van der Waals surface area contributed by atoms with Gasteiger partial charge in [-0.3, -0.25) is 4.79 Å². The van der Waals surface area contributed by atoms with Crippen molar-refractivity contribution in [3.8, 4) is 0 Å². The van der Waals surface area contributed by atoms with Crippen molar-refractivity contribution in [2.75, 3.05) is 6.61 Å². The molecule has 280 valence electrons. The minimum atomic E-state index is -0.960. The second kappa shape index (κ2) is 38.1. The molecule has 3 atom stereocenters. The number of amides is 1. The molecule has 0 spiro atoms. The lowest BCUT2D eigenvalue weighted by Crippen LogP contribution is -2.45. The van der Waals surface area contributed by atoms with E-state index < -0.39 is 18.2 Å². The van der Waals surface area contributed by atoms with Crippen LogP contribution in [0.5, 0.6) is 0 Å². The molecule has 0 radical (unpaired) electrons. The molecule has 0 fully saturated rings.